The molecule has 0 bridgehead atoms. The smallest absolute Gasteiger partial charge is 0.168 e. The van der Waals surface area contributed by atoms with Crippen molar-refractivity contribution in [3.63, 3.8) is 0 Å². The molecule has 0 saturated carbocycles. The van der Waals surface area contributed by atoms with Gasteiger partial charge in [0.25, 0.3) is 0 Å². The summed E-state index contributed by atoms with van der Waals surface area (Å²) in [6.45, 7) is 3.41. The SMILES string of the molecule is Br.Br.Br.CCCCCC[n+]1ccccc1. The Bertz CT molecular complexity index is 204. The molecule has 0 unspecified atom stereocenters. The second-order valence-electron chi connectivity index (χ2n) is 3.17. The maximum atomic E-state index is 2.25. The van der Waals surface area contributed by atoms with Gasteiger partial charge in [-0.2, -0.15) is 0 Å². The summed E-state index contributed by atoms with van der Waals surface area (Å²) in [5.74, 6) is 0. The third kappa shape index (κ3) is 10.9. The monoisotopic (exact) mass is 404 g/mol. The van der Waals surface area contributed by atoms with E-state index in [-0.39, 0.29) is 50.9 Å². The van der Waals surface area contributed by atoms with E-state index in [9.17, 15) is 0 Å². The van der Waals surface area contributed by atoms with Crippen LogP contribution in [0, 0.1) is 0 Å². The van der Waals surface area contributed by atoms with E-state index in [1.54, 1.807) is 0 Å². The highest BCUT2D eigenvalue weighted by Crippen LogP contribution is 1.97. The maximum absolute atomic E-state index is 2.25. The summed E-state index contributed by atoms with van der Waals surface area (Å²) in [5, 5.41) is 0. The summed E-state index contributed by atoms with van der Waals surface area (Å²) < 4.78 is 2.25. The predicted octanol–water partition coefficient (Wildman–Crippen LogP) is 4.29. The van der Waals surface area contributed by atoms with E-state index in [4.69, 9.17) is 0 Å². The Balaban J connectivity index is -0.000000480. The molecule has 0 aliphatic rings. The number of halogens is 3. The molecule has 1 aromatic rings. The highest BCUT2D eigenvalue weighted by Gasteiger charge is 1.95. The van der Waals surface area contributed by atoms with E-state index >= 15 is 0 Å². The molecular weight excluding hydrogens is 386 g/mol. The minimum Gasteiger partial charge on any atom is -0.205 e. The Kier molecular flexibility index (Phi) is 20.4. The first-order valence-electron chi connectivity index (χ1n) is 4.87. The van der Waals surface area contributed by atoms with Crippen LogP contribution in [0.2, 0.25) is 0 Å². The van der Waals surface area contributed by atoms with E-state index in [1.807, 2.05) is 0 Å². The fourth-order valence-corrected chi connectivity index (χ4v) is 1.30. The zero-order chi connectivity index (χ0) is 8.65. The van der Waals surface area contributed by atoms with Crippen molar-refractivity contribution in [3.8, 4) is 0 Å². The van der Waals surface area contributed by atoms with Crippen molar-refractivity contribution < 1.29 is 4.57 Å². The van der Waals surface area contributed by atoms with Crippen LogP contribution in [-0.4, -0.2) is 0 Å². The predicted molar refractivity (Wildman–Crippen MR) is 81.7 cm³/mol. The van der Waals surface area contributed by atoms with Crippen LogP contribution in [0.1, 0.15) is 32.6 Å². The molecule has 0 aromatic carbocycles. The molecule has 0 radical (unpaired) electrons. The number of unbranched alkanes of at least 4 members (excludes halogenated alkanes) is 3. The first kappa shape index (κ1) is 20.9. The lowest BCUT2D eigenvalue weighted by atomic mass is 10.2. The van der Waals surface area contributed by atoms with E-state index in [1.165, 1.54) is 32.2 Å². The average Bonchev–Trinajstić information content (AvgIpc) is 2.14. The van der Waals surface area contributed by atoms with Crippen molar-refractivity contribution >= 4 is 50.9 Å². The van der Waals surface area contributed by atoms with Gasteiger partial charge in [0.15, 0.2) is 12.4 Å². The molecule has 0 aliphatic heterocycles. The molecule has 0 spiro atoms. The van der Waals surface area contributed by atoms with Crippen molar-refractivity contribution in [1.29, 1.82) is 0 Å². The van der Waals surface area contributed by atoms with Gasteiger partial charge < -0.3 is 0 Å². The van der Waals surface area contributed by atoms with Crippen LogP contribution in [0.25, 0.3) is 0 Å². The number of aromatic nitrogens is 1. The fourth-order valence-electron chi connectivity index (χ4n) is 1.30. The Morgan fingerprint density at radius 2 is 1.40 bits per heavy atom. The second-order valence-corrected chi connectivity index (χ2v) is 3.17. The first-order chi connectivity index (χ1) is 5.93. The molecule has 1 rings (SSSR count). The third-order valence-corrected chi connectivity index (χ3v) is 2.05. The summed E-state index contributed by atoms with van der Waals surface area (Å²) >= 11 is 0. The van der Waals surface area contributed by atoms with Gasteiger partial charge >= 0.3 is 0 Å². The van der Waals surface area contributed by atoms with Crippen LogP contribution in [0.4, 0.5) is 0 Å². The third-order valence-electron chi connectivity index (χ3n) is 2.05. The minimum absolute atomic E-state index is 0. The molecular formula is C11H21Br3N+. The summed E-state index contributed by atoms with van der Waals surface area (Å²) in [7, 11) is 0. The van der Waals surface area contributed by atoms with Crippen LogP contribution in [0.5, 0.6) is 0 Å². The van der Waals surface area contributed by atoms with Gasteiger partial charge in [0.1, 0.15) is 6.54 Å². The van der Waals surface area contributed by atoms with E-state index < -0.39 is 0 Å². The first-order valence-corrected chi connectivity index (χ1v) is 4.87. The van der Waals surface area contributed by atoms with E-state index in [0.29, 0.717) is 0 Å². The number of hydrogen-bond donors (Lipinski definition) is 0. The Morgan fingerprint density at radius 1 is 0.800 bits per heavy atom. The molecule has 0 aliphatic carbocycles. The highest BCUT2D eigenvalue weighted by molar-refractivity contribution is 8.93. The summed E-state index contributed by atoms with van der Waals surface area (Å²) in [6.07, 6.45) is 9.62. The van der Waals surface area contributed by atoms with Crippen LogP contribution in [-0.2, 0) is 6.54 Å². The number of nitrogens with zero attached hydrogens (tertiary/aromatic N) is 1. The molecule has 0 atom stereocenters. The number of aryl methyl sites for hydroxylation is 1. The van der Waals surface area contributed by atoms with Gasteiger partial charge in [-0.3, -0.25) is 0 Å². The minimum atomic E-state index is 0. The van der Waals surface area contributed by atoms with Gasteiger partial charge in [0.2, 0.25) is 0 Å². The Hall–Kier alpha value is 0.590. The standard InChI is InChI=1S/C11H18N.3BrH/c1-2-3-4-6-9-12-10-7-5-8-11-12;;;/h5,7-8,10-11H,2-4,6,9H2,1H3;3*1H/q+1;;;. The Labute approximate surface area is 125 Å². The zero-order valence-corrected chi connectivity index (χ0v) is 14.2. The van der Waals surface area contributed by atoms with Crippen LogP contribution < -0.4 is 4.57 Å². The number of pyridine rings is 1. The topological polar surface area (TPSA) is 3.88 Å². The zero-order valence-electron chi connectivity index (χ0n) is 9.09. The van der Waals surface area contributed by atoms with Gasteiger partial charge in [0, 0.05) is 18.6 Å². The molecule has 1 nitrogen and oxygen atoms in total. The normalized spacial score (nSPS) is 8.07. The van der Waals surface area contributed by atoms with Crippen molar-refractivity contribution in [3.05, 3.63) is 30.6 Å². The molecule has 0 fully saturated rings. The molecule has 4 heteroatoms. The molecule has 1 heterocycles. The lowest BCUT2D eigenvalue weighted by Crippen LogP contribution is -2.32. The summed E-state index contributed by atoms with van der Waals surface area (Å²) in [6, 6.07) is 6.22. The number of hydrogen-bond acceptors (Lipinski definition) is 0. The van der Waals surface area contributed by atoms with Gasteiger partial charge in [-0.25, -0.2) is 4.57 Å². The van der Waals surface area contributed by atoms with E-state index in [2.05, 4.69) is 42.1 Å². The molecule has 90 valence electrons. The van der Waals surface area contributed by atoms with E-state index in [0.717, 1.165) is 0 Å². The van der Waals surface area contributed by atoms with Gasteiger partial charge in [-0.1, -0.05) is 25.8 Å². The van der Waals surface area contributed by atoms with Crippen LogP contribution in [0.15, 0.2) is 30.6 Å². The lowest BCUT2D eigenvalue weighted by Gasteiger charge is -1.95. The summed E-state index contributed by atoms with van der Waals surface area (Å²) in [4.78, 5) is 0. The maximum Gasteiger partial charge on any atom is 0.168 e. The average molecular weight is 407 g/mol. The largest absolute Gasteiger partial charge is 0.205 e. The van der Waals surface area contributed by atoms with Gasteiger partial charge in [-0.15, -0.1) is 50.9 Å². The molecule has 0 saturated heterocycles. The van der Waals surface area contributed by atoms with Crippen LogP contribution >= 0.6 is 50.9 Å². The quantitative estimate of drug-likeness (QED) is 0.507. The Morgan fingerprint density at radius 3 is 1.93 bits per heavy atom. The second kappa shape index (κ2) is 14.6. The van der Waals surface area contributed by atoms with Gasteiger partial charge in [-0.05, 0) is 6.42 Å². The molecule has 0 amide bonds. The van der Waals surface area contributed by atoms with Gasteiger partial charge in [0.05, 0.1) is 0 Å². The fraction of sp³-hybridized carbons (Fsp3) is 0.545. The molecule has 0 N–H and O–H groups in total. The summed E-state index contributed by atoms with van der Waals surface area (Å²) in [5.41, 5.74) is 0. The number of rotatable bonds is 5. The van der Waals surface area contributed by atoms with Crippen molar-refractivity contribution in [2.45, 2.75) is 39.2 Å². The highest BCUT2D eigenvalue weighted by atomic mass is 79.9. The van der Waals surface area contributed by atoms with Crippen molar-refractivity contribution in [2.24, 2.45) is 0 Å². The lowest BCUT2D eigenvalue weighted by molar-refractivity contribution is -0.697. The van der Waals surface area contributed by atoms with Crippen molar-refractivity contribution in [1.82, 2.24) is 0 Å². The molecule has 1 aromatic heterocycles. The van der Waals surface area contributed by atoms with Crippen LogP contribution in [0.3, 0.4) is 0 Å². The van der Waals surface area contributed by atoms with Crippen molar-refractivity contribution in [2.75, 3.05) is 0 Å². The molecule has 15 heavy (non-hydrogen) atoms.